The third-order valence-corrected chi connectivity index (χ3v) is 7.61. The van der Waals surface area contributed by atoms with Gasteiger partial charge in [-0.1, -0.05) is 38.4 Å². The third kappa shape index (κ3) is 3.80. The molecule has 0 unspecified atom stereocenters. The van der Waals surface area contributed by atoms with Crippen LogP contribution in [0, 0.1) is 6.92 Å². The molecule has 3 heterocycles. The molecule has 0 saturated heterocycles. The van der Waals surface area contributed by atoms with Crippen LogP contribution in [0.15, 0.2) is 24.5 Å². The first kappa shape index (κ1) is 21.1. The number of fused-ring (bicyclic) bond motifs is 2. The maximum atomic E-state index is 6.75. The van der Waals surface area contributed by atoms with E-state index >= 15 is 0 Å². The zero-order valence-electron chi connectivity index (χ0n) is 17.7. The molecule has 3 aromatic heterocycles. The van der Waals surface area contributed by atoms with Crippen LogP contribution in [0.3, 0.4) is 0 Å². The summed E-state index contributed by atoms with van der Waals surface area (Å²) >= 11 is 8.40. The largest absolute Gasteiger partial charge is 0.495 e. The maximum absolute atomic E-state index is 6.75. The predicted molar refractivity (Wildman–Crippen MR) is 128 cm³/mol. The van der Waals surface area contributed by atoms with E-state index < -0.39 is 9.76 Å². The lowest BCUT2D eigenvalue weighted by atomic mass is 10.1. The van der Waals surface area contributed by atoms with E-state index in [4.69, 9.17) is 26.5 Å². The fourth-order valence-electron chi connectivity index (χ4n) is 3.52. The zero-order chi connectivity index (χ0) is 21.6. The molecule has 0 atom stereocenters. The summed E-state index contributed by atoms with van der Waals surface area (Å²) in [6.45, 7) is 9.07. The molecule has 0 saturated carbocycles. The standard InChI is InChI=1S/C21H25ClN4O2SSi/c1-11-6-12-8-15(29-18(12)14(7-11)27-5)16-13(9-28-30-21(2,3)4)19(22)26-17(16)20(23)24-10-25-26/h6-8,10H,9,30H2,1-5H3,(H2,23,24,25). The Labute approximate surface area is 186 Å². The van der Waals surface area contributed by atoms with Crippen LogP contribution in [0.4, 0.5) is 5.82 Å². The topological polar surface area (TPSA) is 74.7 Å². The SMILES string of the molecule is COc1cc(C)cc2cc(-c3c(CO[SiH2]C(C)(C)C)c(Cl)n4ncnc(N)c34)sc12. The average molecular weight is 461 g/mol. The van der Waals surface area contributed by atoms with Crippen molar-refractivity contribution in [1.29, 1.82) is 0 Å². The highest BCUT2D eigenvalue weighted by Crippen LogP contribution is 2.45. The summed E-state index contributed by atoms with van der Waals surface area (Å²) in [5.74, 6) is 1.25. The molecule has 0 bridgehead atoms. The predicted octanol–water partition coefficient (Wildman–Crippen LogP) is 4.98. The molecule has 4 rings (SSSR count). The van der Waals surface area contributed by atoms with Crippen LogP contribution in [0.25, 0.3) is 26.0 Å². The van der Waals surface area contributed by atoms with Crippen LogP contribution in [-0.2, 0) is 11.0 Å². The summed E-state index contributed by atoms with van der Waals surface area (Å²) in [4.78, 5) is 5.24. The molecule has 9 heteroatoms. The minimum atomic E-state index is -0.743. The first-order chi connectivity index (χ1) is 14.2. The lowest BCUT2D eigenvalue weighted by Gasteiger charge is -2.17. The number of anilines is 1. The molecule has 30 heavy (non-hydrogen) atoms. The number of aryl methyl sites for hydroxylation is 1. The van der Waals surface area contributed by atoms with E-state index in [0.717, 1.165) is 37.4 Å². The van der Waals surface area contributed by atoms with E-state index in [1.807, 2.05) is 6.07 Å². The van der Waals surface area contributed by atoms with Crippen molar-refractivity contribution in [2.45, 2.75) is 39.3 Å². The third-order valence-electron chi connectivity index (χ3n) is 4.77. The monoisotopic (exact) mass is 460 g/mol. The number of nitrogens with zero attached hydrogens (tertiary/aromatic N) is 3. The molecule has 2 N–H and O–H groups in total. The van der Waals surface area contributed by atoms with Crippen molar-refractivity contribution in [1.82, 2.24) is 14.6 Å². The number of methoxy groups -OCH3 is 1. The van der Waals surface area contributed by atoms with Crippen molar-refractivity contribution in [2.24, 2.45) is 0 Å². The van der Waals surface area contributed by atoms with Gasteiger partial charge in [0.15, 0.2) is 15.6 Å². The van der Waals surface area contributed by atoms with Crippen LogP contribution in [0.5, 0.6) is 5.75 Å². The van der Waals surface area contributed by atoms with Gasteiger partial charge in [-0.15, -0.1) is 11.3 Å². The Morgan fingerprint density at radius 1 is 1.27 bits per heavy atom. The Hall–Kier alpha value is -2.13. The number of thiophene rings is 1. The van der Waals surface area contributed by atoms with Crippen molar-refractivity contribution >= 4 is 54.1 Å². The summed E-state index contributed by atoms with van der Waals surface area (Å²) < 4.78 is 14.5. The van der Waals surface area contributed by atoms with Gasteiger partial charge in [-0.05, 0) is 35.0 Å². The molecular formula is C21H25ClN4O2SSi. The normalized spacial score (nSPS) is 12.6. The Morgan fingerprint density at radius 2 is 2.03 bits per heavy atom. The fourth-order valence-corrected chi connectivity index (χ4v) is 5.92. The van der Waals surface area contributed by atoms with Gasteiger partial charge in [0.25, 0.3) is 0 Å². The smallest absolute Gasteiger partial charge is 0.167 e. The van der Waals surface area contributed by atoms with Crippen molar-refractivity contribution in [3.63, 3.8) is 0 Å². The van der Waals surface area contributed by atoms with Crippen molar-refractivity contribution in [3.8, 4) is 16.2 Å². The summed E-state index contributed by atoms with van der Waals surface area (Å²) in [6.07, 6.45) is 1.42. The molecule has 0 spiro atoms. The van der Waals surface area contributed by atoms with Crippen LogP contribution >= 0.6 is 22.9 Å². The Morgan fingerprint density at radius 3 is 2.73 bits per heavy atom. The molecule has 0 radical (unpaired) electrons. The highest BCUT2D eigenvalue weighted by molar-refractivity contribution is 7.22. The highest BCUT2D eigenvalue weighted by atomic mass is 35.5. The summed E-state index contributed by atoms with van der Waals surface area (Å²) in [7, 11) is 0.952. The van der Waals surface area contributed by atoms with Gasteiger partial charge >= 0.3 is 0 Å². The number of nitrogen functional groups attached to an aromatic ring is 1. The number of hydrogen-bond acceptors (Lipinski definition) is 6. The molecule has 158 valence electrons. The van der Waals surface area contributed by atoms with Crippen LogP contribution in [-0.4, -0.2) is 31.5 Å². The summed E-state index contributed by atoms with van der Waals surface area (Å²) in [5, 5.41) is 6.15. The number of ether oxygens (including phenoxy) is 1. The van der Waals surface area contributed by atoms with Crippen LogP contribution in [0.1, 0.15) is 31.9 Å². The van der Waals surface area contributed by atoms with E-state index in [2.05, 4.69) is 49.9 Å². The molecule has 1 aromatic carbocycles. The Bertz CT molecular complexity index is 1250. The molecule has 0 aliphatic heterocycles. The van der Waals surface area contributed by atoms with Crippen molar-refractivity contribution < 1.29 is 9.16 Å². The Balaban J connectivity index is 1.93. The minimum Gasteiger partial charge on any atom is -0.495 e. The minimum absolute atomic E-state index is 0.188. The van der Waals surface area contributed by atoms with Crippen molar-refractivity contribution in [3.05, 3.63) is 40.8 Å². The van der Waals surface area contributed by atoms with Crippen molar-refractivity contribution in [2.75, 3.05) is 12.8 Å². The molecule has 0 fully saturated rings. The van der Waals surface area contributed by atoms with Gasteiger partial charge in [0.1, 0.15) is 22.7 Å². The number of nitrogens with two attached hydrogens (primary N) is 1. The van der Waals surface area contributed by atoms with Gasteiger partial charge in [0.05, 0.1) is 18.4 Å². The first-order valence-corrected chi connectivity index (χ1v) is 12.1. The van der Waals surface area contributed by atoms with Gasteiger partial charge in [-0.3, -0.25) is 0 Å². The number of benzene rings is 1. The quantitative estimate of drug-likeness (QED) is 0.425. The van der Waals surface area contributed by atoms with Gasteiger partial charge in [-0.25, -0.2) is 9.50 Å². The van der Waals surface area contributed by atoms with Gasteiger partial charge in [0.2, 0.25) is 0 Å². The number of aromatic nitrogens is 3. The molecule has 6 nitrogen and oxygen atoms in total. The molecule has 4 aromatic rings. The molecule has 0 aliphatic carbocycles. The van der Waals surface area contributed by atoms with Gasteiger partial charge in [-0.2, -0.15) is 5.10 Å². The second-order valence-electron chi connectivity index (χ2n) is 8.60. The van der Waals surface area contributed by atoms with Crippen LogP contribution in [0.2, 0.25) is 10.2 Å². The first-order valence-electron chi connectivity index (χ1n) is 9.65. The van der Waals surface area contributed by atoms with E-state index in [-0.39, 0.29) is 5.04 Å². The highest BCUT2D eigenvalue weighted by Gasteiger charge is 2.24. The average Bonchev–Trinajstić information content (AvgIpc) is 3.20. The molecular weight excluding hydrogens is 436 g/mol. The van der Waals surface area contributed by atoms with E-state index in [1.54, 1.807) is 23.0 Å². The number of hydrogen-bond donors (Lipinski definition) is 1. The summed E-state index contributed by atoms with van der Waals surface area (Å²) in [5.41, 5.74) is 9.94. The van der Waals surface area contributed by atoms with Crippen LogP contribution < -0.4 is 10.5 Å². The maximum Gasteiger partial charge on any atom is 0.167 e. The van der Waals surface area contributed by atoms with E-state index in [0.29, 0.717) is 23.1 Å². The number of rotatable bonds is 5. The fraction of sp³-hybridized carbons (Fsp3) is 0.333. The van der Waals surface area contributed by atoms with Gasteiger partial charge in [0, 0.05) is 16.0 Å². The second-order valence-corrected chi connectivity index (χ2v) is 12.8. The number of halogens is 1. The zero-order valence-corrected chi connectivity index (χ0v) is 20.7. The lowest BCUT2D eigenvalue weighted by Crippen LogP contribution is -2.12. The van der Waals surface area contributed by atoms with Gasteiger partial charge < -0.3 is 14.9 Å². The molecule has 0 aliphatic rings. The molecule has 0 amide bonds. The summed E-state index contributed by atoms with van der Waals surface area (Å²) in [6, 6.07) is 6.35. The van der Waals surface area contributed by atoms with E-state index in [1.165, 1.54) is 6.33 Å². The lowest BCUT2D eigenvalue weighted by molar-refractivity contribution is 0.310. The second kappa shape index (κ2) is 7.85. The van der Waals surface area contributed by atoms with E-state index in [9.17, 15) is 0 Å². The Kier molecular flexibility index (Phi) is 5.52.